The molecule has 0 saturated heterocycles. The first-order valence-electron chi connectivity index (χ1n) is 11.4. The van der Waals surface area contributed by atoms with Gasteiger partial charge in [-0.2, -0.15) is 0 Å². The van der Waals surface area contributed by atoms with Gasteiger partial charge in [0.1, 0.15) is 9.63 Å². The normalized spacial score (nSPS) is 15.4. The molecule has 2 aromatic carbocycles. The van der Waals surface area contributed by atoms with Crippen molar-refractivity contribution in [2.75, 3.05) is 0 Å². The molecule has 0 fully saturated rings. The number of rotatable bonds is 2. The lowest BCUT2D eigenvalue weighted by Gasteiger charge is -2.40. The van der Waals surface area contributed by atoms with Gasteiger partial charge in [0, 0.05) is 0 Å². The number of benzene rings is 2. The molecule has 3 nitrogen and oxygen atoms in total. The van der Waals surface area contributed by atoms with E-state index in [1.807, 2.05) is 65.8 Å². The van der Waals surface area contributed by atoms with E-state index in [0.29, 0.717) is 11.1 Å². The van der Waals surface area contributed by atoms with Crippen LogP contribution in [0.2, 0.25) is 0 Å². The van der Waals surface area contributed by atoms with E-state index >= 15 is 0 Å². The molecule has 0 atom stereocenters. The van der Waals surface area contributed by atoms with Crippen LogP contribution in [0.3, 0.4) is 0 Å². The molecular formula is C28H44O3S. The summed E-state index contributed by atoms with van der Waals surface area (Å²) < 4.78 is 37.8. The molecule has 0 heterocycles. The van der Waals surface area contributed by atoms with Gasteiger partial charge in [0.25, 0.3) is 0 Å². The first kappa shape index (κ1) is 26.8. The second-order valence-corrected chi connectivity index (χ2v) is 15.9. The van der Waals surface area contributed by atoms with Crippen LogP contribution in [0.5, 0.6) is 0 Å². The fourth-order valence-electron chi connectivity index (χ4n) is 3.93. The molecule has 2 N–H and O–H groups in total. The van der Waals surface area contributed by atoms with E-state index in [1.54, 1.807) is 12.1 Å². The Morgan fingerprint density at radius 3 is 1.03 bits per heavy atom. The summed E-state index contributed by atoms with van der Waals surface area (Å²) in [5.41, 5.74) is 2.39. The average Bonchev–Trinajstić information content (AvgIpc) is 2.57. The van der Waals surface area contributed by atoms with Crippen LogP contribution in [-0.2, 0) is 31.3 Å². The monoisotopic (exact) mass is 460 g/mol. The molecule has 2 rings (SSSR count). The van der Waals surface area contributed by atoms with Crippen LogP contribution in [0, 0.1) is 0 Å². The summed E-state index contributed by atoms with van der Waals surface area (Å²) >= 11 is 0. The van der Waals surface area contributed by atoms with Crippen molar-refractivity contribution in [3.8, 4) is 0 Å². The van der Waals surface area contributed by atoms with Crippen LogP contribution in [-0.4, -0.2) is 13.3 Å². The van der Waals surface area contributed by atoms with E-state index in [-0.39, 0.29) is 20.6 Å². The van der Waals surface area contributed by atoms with Crippen LogP contribution < -0.4 is 0 Å². The molecule has 0 aliphatic carbocycles. The van der Waals surface area contributed by atoms with Crippen molar-refractivity contribution in [3.63, 3.8) is 0 Å². The van der Waals surface area contributed by atoms with Crippen molar-refractivity contribution in [3.05, 3.63) is 58.7 Å². The Morgan fingerprint density at radius 1 is 0.531 bits per heavy atom. The smallest absolute Gasteiger partial charge is 0.136 e. The van der Waals surface area contributed by atoms with E-state index in [4.69, 9.17) is 0 Å². The molecule has 0 saturated carbocycles. The van der Waals surface area contributed by atoms with Crippen LogP contribution in [0.1, 0.15) is 105 Å². The first-order chi connectivity index (χ1) is 13.9. The predicted octanol–water partition coefficient (Wildman–Crippen LogP) is 8.06. The van der Waals surface area contributed by atoms with Gasteiger partial charge in [-0.3, -0.25) is 0 Å². The van der Waals surface area contributed by atoms with Crippen LogP contribution >= 0.6 is 0 Å². The maximum Gasteiger partial charge on any atom is 0.136 e. The highest BCUT2D eigenvalue weighted by molar-refractivity contribution is 8.10. The lowest BCUT2D eigenvalue weighted by Crippen LogP contribution is -2.38. The van der Waals surface area contributed by atoms with Gasteiger partial charge in [-0.1, -0.05) is 107 Å². The highest BCUT2D eigenvalue weighted by atomic mass is 32.3. The summed E-state index contributed by atoms with van der Waals surface area (Å²) in [6.45, 7) is 24.7. The van der Waals surface area contributed by atoms with Gasteiger partial charge in [0.05, 0.1) is 9.79 Å². The third-order valence-corrected chi connectivity index (χ3v) is 8.40. The lowest BCUT2D eigenvalue weighted by molar-refractivity contribution is 0.381. The second kappa shape index (κ2) is 7.51. The predicted molar refractivity (Wildman–Crippen MR) is 138 cm³/mol. The number of hydrogen-bond donors (Lipinski definition) is 2. The Hall–Kier alpha value is -1.49. The molecule has 2 aromatic rings. The Labute approximate surface area is 196 Å². The third kappa shape index (κ3) is 5.18. The van der Waals surface area contributed by atoms with Gasteiger partial charge in [-0.25, -0.2) is 4.21 Å². The fraction of sp³-hybridized carbons (Fsp3) is 0.571. The van der Waals surface area contributed by atoms with Crippen molar-refractivity contribution in [1.29, 1.82) is 0 Å². The first-order valence-corrected chi connectivity index (χ1v) is 13.3. The summed E-state index contributed by atoms with van der Waals surface area (Å²) in [6.07, 6.45) is 0. The Bertz CT molecular complexity index is 994. The Kier molecular flexibility index (Phi) is 6.28. The Morgan fingerprint density at radius 2 is 0.812 bits per heavy atom. The van der Waals surface area contributed by atoms with Gasteiger partial charge in [-0.05, 0) is 56.0 Å². The van der Waals surface area contributed by atoms with E-state index in [1.165, 1.54) is 0 Å². The van der Waals surface area contributed by atoms with Crippen LogP contribution in [0.25, 0.3) is 0 Å². The lowest BCUT2D eigenvalue weighted by atomic mass is 9.80. The Balaban J connectivity index is 2.97. The summed E-state index contributed by atoms with van der Waals surface area (Å²) in [4.78, 5) is 0.188. The van der Waals surface area contributed by atoms with Crippen molar-refractivity contribution < 1.29 is 13.3 Å². The molecule has 180 valence electrons. The van der Waals surface area contributed by atoms with E-state index in [0.717, 1.165) is 11.1 Å². The SMILES string of the molecule is CC(C)(C)c1ccc(S(=O)(O)(O)c2ccc(C(C)(C)C)cc2C(C)(C)C)c(C(C)(C)C)c1. The third-order valence-electron chi connectivity index (χ3n) is 6.10. The van der Waals surface area contributed by atoms with E-state index in [9.17, 15) is 13.3 Å². The quantitative estimate of drug-likeness (QED) is 0.476. The fourth-order valence-corrected chi connectivity index (χ4v) is 6.31. The van der Waals surface area contributed by atoms with E-state index < -0.39 is 20.5 Å². The average molecular weight is 461 g/mol. The van der Waals surface area contributed by atoms with Crippen molar-refractivity contribution in [1.82, 2.24) is 0 Å². The van der Waals surface area contributed by atoms with Crippen LogP contribution in [0.4, 0.5) is 0 Å². The number of hydrogen-bond acceptors (Lipinski definition) is 1. The van der Waals surface area contributed by atoms with Crippen molar-refractivity contribution >= 4 is 9.63 Å². The zero-order valence-corrected chi connectivity index (χ0v) is 23.0. The molecule has 0 aliphatic rings. The molecule has 0 bridgehead atoms. The molecule has 0 aliphatic heterocycles. The minimum absolute atomic E-state index is 0.0940. The molecule has 0 unspecified atom stereocenters. The van der Waals surface area contributed by atoms with Gasteiger partial charge >= 0.3 is 0 Å². The summed E-state index contributed by atoms with van der Waals surface area (Å²) in [7, 11) is -5.37. The second-order valence-electron chi connectivity index (χ2n) is 13.3. The maximum absolute atomic E-state index is 14.4. The highest BCUT2D eigenvalue weighted by Crippen LogP contribution is 2.48. The highest BCUT2D eigenvalue weighted by Gasteiger charge is 2.43. The van der Waals surface area contributed by atoms with E-state index in [2.05, 4.69) is 41.5 Å². The molecule has 0 aromatic heterocycles. The zero-order valence-electron chi connectivity index (χ0n) is 22.2. The summed E-state index contributed by atoms with van der Waals surface area (Å²) in [5, 5.41) is 0. The molecule has 4 heteroatoms. The van der Waals surface area contributed by atoms with Crippen molar-refractivity contribution in [2.45, 2.75) is 115 Å². The largest absolute Gasteiger partial charge is 0.301 e. The maximum atomic E-state index is 14.4. The molecule has 0 spiro atoms. The van der Waals surface area contributed by atoms with Gasteiger partial charge in [0.2, 0.25) is 0 Å². The molecule has 0 radical (unpaired) electrons. The van der Waals surface area contributed by atoms with Crippen LogP contribution in [0.15, 0.2) is 46.2 Å². The van der Waals surface area contributed by atoms with Gasteiger partial charge in [0.15, 0.2) is 0 Å². The molecular weight excluding hydrogens is 416 g/mol. The minimum atomic E-state index is -5.37. The summed E-state index contributed by atoms with van der Waals surface area (Å²) in [5.74, 6) is 0. The topological polar surface area (TPSA) is 57.5 Å². The molecule has 0 amide bonds. The van der Waals surface area contributed by atoms with Crippen molar-refractivity contribution in [2.24, 2.45) is 0 Å². The zero-order chi connectivity index (χ0) is 25.2. The van der Waals surface area contributed by atoms with Gasteiger partial charge in [-0.15, -0.1) is 0 Å². The summed E-state index contributed by atoms with van der Waals surface area (Å²) in [6, 6.07) is 11.0. The molecule has 32 heavy (non-hydrogen) atoms. The van der Waals surface area contributed by atoms with Gasteiger partial charge < -0.3 is 9.11 Å². The standard InChI is InChI=1S/C28H44O3S/c1-25(2,3)19-13-15-23(21(17-19)27(7,8)9)32(29,30,31)24-16-14-20(26(4,5)6)18-22(24)28(10,11)12/h13-18H,1-12H3,(H2,29,30,31). The minimum Gasteiger partial charge on any atom is -0.301 e.